The van der Waals surface area contributed by atoms with Gasteiger partial charge in [-0.2, -0.15) is 21.6 Å². The summed E-state index contributed by atoms with van der Waals surface area (Å²) in [5.41, 5.74) is 7.11. The Morgan fingerprint density at radius 1 is 0.234 bits per heavy atom. The van der Waals surface area contributed by atoms with Crippen LogP contribution in [0.25, 0.3) is 185 Å². The smallest absolute Gasteiger partial charge is 0.423 e. The number of halogens is 3. The van der Waals surface area contributed by atoms with Gasteiger partial charge in [0.05, 0.1) is 0 Å². The molecule has 0 aromatic heterocycles. The van der Waals surface area contributed by atoms with Crippen LogP contribution in [0.1, 0.15) is 0 Å². The number of rotatable bonds is 8. The van der Waals surface area contributed by atoms with Crippen LogP contribution in [0.4, 0.5) is 13.2 Å². The molecular formula is C97H62BF3O5S. The maximum atomic E-state index is 12.6. The van der Waals surface area contributed by atoms with Crippen LogP contribution in [0.5, 0.6) is 5.75 Å². The lowest BCUT2D eigenvalue weighted by Gasteiger charge is -2.19. The van der Waals surface area contributed by atoms with Crippen molar-refractivity contribution in [3.05, 3.63) is 364 Å². The third-order valence-corrected chi connectivity index (χ3v) is 21.8. The Balaban J connectivity index is 0.000000120. The Labute approximate surface area is 614 Å². The van der Waals surface area contributed by atoms with Crippen LogP contribution in [0.2, 0.25) is 0 Å². The molecule has 0 saturated carbocycles. The molecule has 0 fully saturated rings. The Kier molecular flexibility index (Phi) is 16.6. The van der Waals surface area contributed by atoms with E-state index < -0.39 is 22.7 Å². The van der Waals surface area contributed by atoms with Gasteiger partial charge in [-0.25, -0.2) is 0 Å². The van der Waals surface area contributed by atoms with E-state index in [0.717, 1.165) is 65.2 Å². The molecule has 20 aromatic carbocycles. The zero-order valence-electron chi connectivity index (χ0n) is 57.4. The Morgan fingerprint density at radius 2 is 0.495 bits per heavy atom. The molecule has 2 N–H and O–H groups in total. The minimum atomic E-state index is -5.72. The molecule has 0 saturated heterocycles. The van der Waals surface area contributed by atoms with Gasteiger partial charge in [0.1, 0.15) is 5.75 Å². The van der Waals surface area contributed by atoms with E-state index in [4.69, 9.17) is 0 Å². The predicted octanol–water partition coefficient (Wildman–Crippen LogP) is 25.1. The molecule has 0 amide bonds. The molecule has 107 heavy (non-hydrogen) atoms. The first-order chi connectivity index (χ1) is 52.3. The van der Waals surface area contributed by atoms with Gasteiger partial charge in [0, 0.05) is 0 Å². The Hall–Kier alpha value is -13.0. The maximum absolute atomic E-state index is 12.6. The SMILES string of the molecule is O=S(=O)(Oc1ccc2c3ccccc3c3ccccc3c2c1)C(F)(F)F.OB(O)c1c2ccccc2c(-c2cccc(-c3ccc4ccccc4c3)c2)c2ccccc12.c1cc(-c2ccc3ccccc3c2)cc(-c2c3ccccc3c(-c3ccc4c5ccccc5c5ccccc5c4c3)c3ccccc23)c1. The molecule has 5 nitrogen and oxygen atoms in total. The van der Waals surface area contributed by atoms with Crippen LogP contribution < -0.4 is 9.65 Å². The van der Waals surface area contributed by atoms with Crippen molar-refractivity contribution in [3.8, 4) is 61.4 Å². The molecule has 0 bridgehead atoms. The van der Waals surface area contributed by atoms with Gasteiger partial charge in [0.15, 0.2) is 0 Å². The third-order valence-electron chi connectivity index (χ3n) is 20.9. The minimum Gasteiger partial charge on any atom is -0.423 e. The van der Waals surface area contributed by atoms with Crippen molar-refractivity contribution >= 4 is 152 Å². The average Bonchev–Trinajstić information content (AvgIpc) is 0.732. The summed E-state index contributed by atoms with van der Waals surface area (Å²) in [5, 5.41) is 47.1. The summed E-state index contributed by atoms with van der Waals surface area (Å²) in [6.07, 6.45) is 0. The number of fused-ring (bicyclic) bond motifs is 18. The second kappa shape index (κ2) is 26.9. The standard InChI is InChI=1S/C48H30.C30H21BO2.C19H11F3O3S/c1-2-13-32-28-34(25-24-31(32)12-1)33-14-11-15-35(29-33)47-42-20-7-9-22-44(42)48(45-23-10-8-21-43(45)47)36-26-27-41-39-18-4-3-16-37(39)38-17-5-6-19-40(38)46(41)30-36;32-31(33)30-27-14-5-3-12-25(27)29(26-13-4-6-15-28(26)30)24-11-7-10-22(19-24)23-17-16-20-8-1-2-9-21(20)18-23;20-19(21,22)26(23,24)25-12-9-10-17-15-7-2-1-5-13(15)14-6-3-4-8-16(14)18(17)11-12/h1-30H;1-19,32-33H;1-11H. The summed E-state index contributed by atoms with van der Waals surface area (Å²) in [4.78, 5) is 0. The van der Waals surface area contributed by atoms with Gasteiger partial charge in [-0.05, 0) is 239 Å². The fraction of sp³-hybridized carbons (Fsp3) is 0.0103. The van der Waals surface area contributed by atoms with E-state index in [1.807, 2.05) is 84.9 Å². The van der Waals surface area contributed by atoms with Gasteiger partial charge in [0.25, 0.3) is 0 Å². The van der Waals surface area contributed by atoms with E-state index in [1.165, 1.54) is 126 Å². The van der Waals surface area contributed by atoms with Crippen molar-refractivity contribution in [1.29, 1.82) is 0 Å². The first-order valence-corrected chi connectivity index (χ1v) is 36.8. The molecule has 0 radical (unpaired) electrons. The summed E-state index contributed by atoms with van der Waals surface area (Å²) in [6.45, 7) is 0. The van der Waals surface area contributed by atoms with Crippen LogP contribution >= 0.6 is 0 Å². The molecule has 0 spiro atoms. The summed E-state index contributed by atoms with van der Waals surface area (Å²) in [5.74, 6) is -0.379. The van der Waals surface area contributed by atoms with Gasteiger partial charge >= 0.3 is 22.7 Å². The van der Waals surface area contributed by atoms with Crippen LogP contribution in [0, 0.1) is 0 Å². The van der Waals surface area contributed by atoms with Gasteiger partial charge < -0.3 is 14.2 Å². The Morgan fingerprint density at radius 3 is 0.860 bits per heavy atom. The van der Waals surface area contributed by atoms with E-state index in [-0.39, 0.29) is 5.75 Å². The zero-order valence-corrected chi connectivity index (χ0v) is 58.2. The number of hydrogen-bond donors (Lipinski definition) is 2. The summed E-state index contributed by atoms with van der Waals surface area (Å²) < 4.78 is 64.6. The molecule has 0 atom stereocenters. The van der Waals surface area contributed by atoms with Crippen molar-refractivity contribution < 1.29 is 35.8 Å². The fourth-order valence-electron chi connectivity index (χ4n) is 16.1. The van der Waals surface area contributed by atoms with Crippen LogP contribution in [0.3, 0.4) is 0 Å². The second-order valence-electron chi connectivity index (χ2n) is 27.0. The molecule has 20 rings (SSSR count). The zero-order chi connectivity index (χ0) is 72.5. The maximum Gasteiger partial charge on any atom is 0.534 e. The average molecular weight is 1410 g/mol. The molecule has 0 aliphatic carbocycles. The number of hydrogen-bond acceptors (Lipinski definition) is 5. The summed E-state index contributed by atoms with van der Waals surface area (Å²) in [7, 11) is -7.26. The molecule has 20 aromatic rings. The van der Waals surface area contributed by atoms with Gasteiger partial charge in [-0.1, -0.05) is 315 Å². The Bertz CT molecular complexity index is 6930. The lowest BCUT2D eigenvalue weighted by atomic mass is 9.72. The fourth-order valence-corrected chi connectivity index (χ4v) is 16.6. The first kappa shape index (κ1) is 66.0. The van der Waals surface area contributed by atoms with Crippen LogP contribution in [-0.4, -0.2) is 31.1 Å². The van der Waals surface area contributed by atoms with Crippen molar-refractivity contribution in [2.45, 2.75) is 5.51 Å². The highest BCUT2D eigenvalue weighted by Gasteiger charge is 2.48. The monoisotopic (exact) mass is 1410 g/mol. The lowest BCUT2D eigenvalue weighted by Crippen LogP contribution is -2.31. The highest BCUT2D eigenvalue weighted by molar-refractivity contribution is 7.88. The van der Waals surface area contributed by atoms with E-state index in [2.05, 4.69) is 265 Å². The highest BCUT2D eigenvalue weighted by Crippen LogP contribution is 2.47. The van der Waals surface area contributed by atoms with Gasteiger partial charge in [-0.3, -0.25) is 0 Å². The molecule has 0 aliphatic rings. The quantitative estimate of drug-likeness (QED) is 0.0521. The van der Waals surface area contributed by atoms with E-state index >= 15 is 0 Å². The van der Waals surface area contributed by atoms with Gasteiger partial charge in [0.2, 0.25) is 0 Å². The number of alkyl halides is 3. The minimum absolute atomic E-state index is 0.379. The molecule has 10 heteroatoms. The van der Waals surface area contributed by atoms with Crippen molar-refractivity contribution in [3.63, 3.8) is 0 Å². The second-order valence-corrected chi connectivity index (χ2v) is 28.6. The molecule has 0 aliphatic heterocycles. The normalized spacial score (nSPS) is 11.9. The molecular weight excluding hydrogens is 1340 g/mol. The largest absolute Gasteiger partial charge is 0.534 e. The van der Waals surface area contributed by atoms with Gasteiger partial charge in [-0.15, -0.1) is 0 Å². The van der Waals surface area contributed by atoms with Crippen molar-refractivity contribution in [2.24, 2.45) is 0 Å². The third kappa shape index (κ3) is 11.9. The van der Waals surface area contributed by atoms with Crippen molar-refractivity contribution in [1.82, 2.24) is 0 Å². The van der Waals surface area contributed by atoms with E-state index in [1.54, 1.807) is 6.07 Å². The van der Waals surface area contributed by atoms with Crippen LogP contribution in [-0.2, 0) is 10.1 Å². The topological polar surface area (TPSA) is 83.8 Å². The van der Waals surface area contributed by atoms with Crippen LogP contribution in [0.15, 0.2) is 364 Å². The summed E-state index contributed by atoms with van der Waals surface area (Å²) >= 11 is 0. The predicted molar refractivity (Wildman–Crippen MR) is 442 cm³/mol. The lowest BCUT2D eigenvalue weighted by molar-refractivity contribution is -0.0500. The van der Waals surface area contributed by atoms with E-state index in [0.29, 0.717) is 10.8 Å². The van der Waals surface area contributed by atoms with E-state index in [9.17, 15) is 31.6 Å². The molecule has 510 valence electrons. The first-order valence-electron chi connectivity index (χ1n) is 35.4. The molecule has 0 heterocycles. The highest BCUT2D eigenvalue weighted by atomic mass is 32.2. The van der Waals surface area contributed by atoms with Crippen molar-refractivity contribution in [2.75, 3.05) is 0 Å². The molecule has 0 unspecified atom stereocenters. The number of benzene rings is 20. The summed E-state index contributed by atoms with van der Waals surface area (Å²) in [6, 6.07) is 126.